The molecule has 0 aromatic rings. The van der Waals surface area contributed by atoms with Crippen LogP contribution in [0.4, 0.5) is 0 Å². The maximum absolute atomic E-state index is 5.86. The van der Waals surface area contributed by atoms with E-state index in [2.05, 4.69) is 33.0 Å². The summed E-state index contributed by atoms with van der Waals surface area (Å²) >= 11 is 0. The first-order chi connectivity index (χ1) is 8.06. The molecule has 0 bridgehead atoms. The van der Waals surface area contributed by atoms with Crippen molar-refractivity contribution in [3.8, 4) is 0 Å². The minimum Gasteiger partial charge on any atom is -0.375 e. The maximum atomic E-state index is 5.86. The van der Waals surface area contributed by atoms with E-state index in [0.717, 1.165) is 18.9 Å². The third-order valence-corrected chi connectivity index (χ3v) is 3.98. The minimum atomic E-state index is 0.119. The van der Waals surface area contributed by atoms with Gasteiger partial charge >= 0.3 is 0 Å². The predicted octanol–water partition coefficient (Wildman–Crippen LogP) is 3.75. The summed E-state index contributed by atoms with van der Waals surface area (Å²) in [7, 11) is 0. The Hall–Kier alpha value is -0.0800. The lowest BCUT2D eigenvalue weighted by Gasteiger charge is -2.38. The monoisotopic (exact) mass is 241 g/mol. The summed E-state index contributed by atoms with van der Waals surface area (Å²) in [6.07, 6.45) is 7.52. The number of ether oxygens (including phenoxy) is 1. The van der Waals surface area contributed by atoms with E-state index in [-0.39, 0.29) is 5.60 Å². The van der Waals surface area contributed by atoms with Crippen molar-refractivity contribution in [1.29, 1.82) is 0 Å². The Labute approximate surface area is 108 Å². The van der Waals surface area contributed by atoms with Gasteiger partial charge in [0.2, 0.25) is 0 Å². The molecule has 1 aliphatic heterocycles. The smallest absolute Gasteiger partial charge is 0.0666 e. The van der Waals surface area contributed by atoms with Crippen LogP contribution >= 0.6 is 0 Å². The van der Waals surface area contributed by atoms with Gasteiger partial charge in [-0.25, -0.2) is 0 Å². The van der Waals surface area contributed by atoms with Crippen molar-refractivity contribution < 1.29 is 4.74 Å². The van der Waals surface area contributed by atoms with Crippen LogP contribution in [-0.2, 0) is 4.74 Å². The van der Waals surface area contributed by atoms with Gasteiger partial charge in [-0.3, -0.25) is 0 Å². The average molecular weight is 241 g/mol. The number of hydrogen-bond donors (Lipinski definition) is 1. The SMILES string of the molecule is CCC1(C)CC(NCCCCC(C)C)CCO1. The van der Waals surface area contributed by atoms with Crippen LogP contribution in [0.2, 0.25) is 0 Å². The van der Waals surface area contributed by atoms with Gasteiger partial charge in [-0.15, -0.1) is 0 Å². The Kier molecular flexibility index (Phi) is 6.50. The molecule has 102 valence electrons. The van der Waals surface area contributed by atoms with Gasteiger partial charge in [0.25, 0.3) is 0 Å². The Bertz CT molecular complexity index is 205. The zero-order chi connectivity index (χ0) is 12.7. The van der Waals surface area contributed by atoms with Crippen LogP contribution in [0.3, 0.4) is 0 Å². The van der Waals surface area contributed by atoms with Crippen molar-refractivity contribution in [2.24, 2.45) is 5.92 Å². The van der Waals surface area contributed by atoms with Gasteiger partial charge in [0.15, 0.2) is 0 Å². The molecule has 0 saturated carbocycles. The molecule has 1 aliphatic rings. The summed E-state index contributed by atoms with van der Waals surface area (Å²) in [5, 5.41) is 3.70. The van der Waals surface area contributed by atoms with Crippen molar-refractivity contribution in [3.63, 3.8) is 0 Å². The van der Waals surface area contributed by atoms with Crippen molar-refractivity contribution in [1.82, 2.24) is 5.32 Å². The lowest BCUT2D eigenvalue weighted by Crippen LogP contribution is -2.45. The van der Waals surface area contributed by atoms with Crippen molar-refractivity contribution in [2.75, 3.05) is 13.2 Å². The van der Waals surface area contributed by atoms with Gasteiger partial charge in [-0.05, 0) is 45.1 Å². The van der Waals surface area contributed by atoms with Crippen molar-refractivity contribution in [3.05, 3.63) is 0 Å². The molecule has 17 heavy (non-hydrogen) atoms. The first-order valence-corrected chi connectivity index (χ1v) is 7.43. The summed E-state index contributed by atoms with van der Waals surface area (Å²) in [4.78, 5) is 0. The second kappa shape index (κ2) is 7.38. The summed E-state index contributed by atoms with van der Waals surface area (Å²) in [6, 6.07) is 0.674. The molecular formula is C15H31NO. The molecule has 2 heteroatoms. The Morgan fingerprint density at radius 1 is 1.35 bits per heavy atom. The Morgan fingerprint density at radius 3 is 2.76 bits per heavy atom. The number of rotatable bonds is 7. The van der Waals surface area contributed by atoms with E-state index < -0.39 is 0 Å². The van der Waals surface area contributed by atoms with Crippen molar-refractivity contribution >= 4 is 0 Å². The molecule has 0 aliphatic carbocycles. The summed E-state index contributed by atoms with van der Waals surface area (Å²) in [5.41, 5.74) is 0.119. The first kappa shape index (κ1) is 15.0. The number of unbranched alkanes of at least 4 members (excludes halogenated alkanes) is 1. The maximum Gasteiger partial charge on any atom is 0.0666 e. The molecule has 2 atom stereocenters. The van der Waals surface area contributed by atoms with Crippen LogP contribution in [0.25, 0.3) is 0 Å². The molecular weight excluding hydrogens is 210 g/mol. The van der Waals surface area contributed by atoms with Gasteiger partial charge in [0, 0.05) is 12.6 Å². The quantitative estimate of drug-likeness (QED) is 0.685. The third kappa shape index (κ3) is 5.87. The second-order valence-electron chi connectivity index (χ2n) is 6.19. The molecule has 0 aromatic carbocycles. The highest BCUT2D eigenvalue weighted by molar-refractivity contribution is 4.85. The lowest BCUT2D eigenvalue weighted by atomic mass is 9.90. The fourth-order valence-corrected chi connectivity index (χ4v) is 2.53. The van der Waals surface area contributed by atoms with Crippen LogP contribution in [0.1, 0.15) is 66.2 Å². The first-order valence-electron chi connectivity index (χ1n) is 7.43. The minimum absolute atomic E-state index is 0.119. The van der Waals surface area contributed by atoms with E-state index in [1.807, 2.05) is 0 Å². The Balaban J connectivity index is 2.11. The normalized spacial score (nSPS) is 29.8. The number of hydrogen-bond acceptors (Lipinski definition) is 2. The third-order valence-electron chi connectivity index (χ3n) is 3.98. The standard InChI is InChI=1S/C15H31NO/c1-5-15(4)12-14(9-11-17-15)16-10-7-6-8-13(2)3/h13-14,16H,5-12H2,1-4H3. The molecule has 1 fully saturated rings. The van der Waals surface area contributed by atoms with Crippen LogP contribution < -0.4 is 5.32 Å². The fourth-order valence-electron chi connectivity index (χ4n) is 2.53. The van der Waals surface area contributed by atoms with Gasteiger partial charge in [-0.1, -0.05) is 33.6 Å². The van der Waals surface area contributed by atoms with Crippen molar-refractivity contribution in [2.45, 2.75) is 77.9 Å². The predicted molar refractivity (Wildman–Crippen MR) is 74.4 cm³/mol. The van der Waals surface area contributed by atoms with Gasteiger partial charge in [-0.2, -0.15) is 0 Å². The van der Waals surface area contributed by atoms with E-state index in [4.69, 9.17) is 4.74 Å². The molecule has 1 N–H and O–H groups in total. The van der Waals surface area contributed by atoms with E-state index >= 15 is 0 Å². The lowest BCUT2D eigenvalue weighted by molar-refractivity contribution is -0.0778. The molecule has 1 rings (SSSR count). The van der Waals surface area contributed by atoms with Gasteiger partial charge < -0.3 is 10.1 Å². The molecule has 1 heterocycles. The van der Waals surface area contributed by atoms with Crippen LogP contribution in [0.15, 0.2) is 0 Å². The average Bonchev–Trinajstić information content (AvgIpc) is 2.28. The summed E-state index contributed by atoms with van der Waals surface area (Å²) in [5.74, 6) is 0.849. The fraction of sp³-hybridized carbons (Fsp3) is 1.00. The Morgan fingerprint density at radius 2 is 2.12 bits per heavy atom. The van der Waals surface area contributed by atoms with E-state index in [9.17, 15) is 0 Å². The molecule has 0 aromatic heterocycles. The second-order valence-corrected chi connectivity index (χ2v) is 6.19. The van der Waals surface area contributed by atoms with Crippen LogP contribution in [0, 0.1) is 5.92 Å². The molecule has 0 radical (unpaired) electrons. The molecule has 2 nitrogen and oxygen atoms in total. The topological polar surface area (TPSA) is 21.3 Å². The summed E-state index contributed by atoms with van der Waals surface area (Å²) in [6.45, 7) is 11.2. The highest BCUT2D eigenvalue weighted by Crippen LogP contribution is 2.27. The van der Waals surface area contributed by atoms with Gasteiger partial charge in [0.1, 0.15) is 0 Å². The van der Waals surface area contributed by atoms with Gasteiger partial charge in [0.05, 0.1) is 5.60 Å². The molecule has 0 amide bonds. The van der Waals surface area contributed by atoms with E-state index in [1.54, 1.807) is 0 Å². The summed E-state index contributed by atoms with van der Waals surface area (Å²) < 4.78 is 5.86. The van der Waals surface area contributed by atoms with Crippen LogP contribution in [0.5, 0.6) is 0 Å². The largest absolute Gasteiger partial charge is 0.375 e. The van der Waals surface area contributed by atoms with E-state index in [0.29, 0.717) is 6.04 Å². The van der Waals surface area contributed by atoms with E-state index in [1.165, 1.54) is 38.6 Å². The molecule has 2 unspecified atom stereocenters. The highest BCUT2D eigenvalue weighted by Gasteiger charge is 2.30. The number of nitrogens with one attached hydrogen (secondary N) is 1. The molecule has 0 spiro atoms. The van der Waals surface area contributed by atoms with Crippen LogP contribution in [-0.4, -0.2) is 24.8 Å². The zero-order valence-electron chi connectivity index (χ0n) is 12.2. The zero-order valence-corrected chi connectivity index (χ0v) is 12.2. The molecule has 1 saturated heterocycles. The highest BCUT2D eigenvalue weighted by atomic mass is 16.5.